The van der Waals surface area contributed by atoms with Gasteiger partial charge in [0.15, 0.2) is 0 Å². The predicted octanol–water partition coefficient (Wildman–Crippen LogP) is 7.48. The van der Waals surface area contributed by atoms with Crippen molar-refractivity contribution in [2.24, 2.45) is 5.41 Å². The third-order valence-corrected chi connectivity index (χ3v) is 7.05. The fraction of sp³-hybridized carbons (Fsp3) is 0.517. The van der Waals surface area contributed by atoms with Crippen molar-refractivity contribution in [2.45, 2.75) is 92.1 Å². The van der Waals surface area contributed by atoms with Gasteiger partial charge in [0, 0.05) is 5.41 Å². The first-order valence-electron chi connectivity index (χ1n) is 11.6. The third kappa shape index (κ3) is 5.24. The average molecular weight is 407 g/mol. The van der Waals surface area contributed by atoms with E-state index in [1.54, 1.807) is 0 Å². The van der Waals surface area contributed by atoms with E-state index in [2.05, 4.69) is 91.4 Å². The molecule has 1 atom stereocenters. The second-order valence-corrected chi connectivity index (χ2v) is 9.99. The molecule has 1 N–H and O–H groups in total. The van der Waals surface area contributed by atoms with Gasteiger partial charge < -0.3 is 5.11 Å². The first-order valence-corrected chi connectivity index (χ1v) is 11.6. The summed E-state index contributed by atoms with van der Waals surface area (Å²) >= 11 is 0. The second-order valence-electron chi connectivity index (χ2n) is 9.99. The van der Waals surface area contributed by atoms with Crippen LogP contribution >= 0.6 is 0 Å². The van der Waals surface area contributed by atoms with Crippen molar-refractivity contribution < 1.29 is 5.11 Å². The smallest absolute Gasteiger partial charge is 0.0591 e. The summed E-state index contributed by atoms with van der Waals surface area (Å²) in [5, 5.41) is 10.4. The summed E-state index contributed by atoms with van der Waals surface area (Å²) in [6.45, 7) is 19.2. The lowest BCUT2D eigenvalue weighted by molar-refractivity contribution is 0.0560. The molecule has 2 aromatic carbocycles. The van der Waals surface area contributed by atoms with Gasteiger partial charge in [-0.05, 0) is 84.7 Å². The van der Waals surface area contributed by atoms with Crippen LogP contribution in [0.1, 0.15) is 87.3 Å². The predicted molar refractivity (Wildman–Crippen MR) is 131 cm³/mol. The number of benzene rings is 2. The maximum Gasteiger partial charge on any atom is 0.0591 e. The van der Waals surface area contributed by atoms with Crippen LogP contribution in [-0.4, -0.2) is 11.2 Å². The van der Waals surface area contributed by atoms with Crippen LogP contribution in [0, 0.1) is 19.3 Å². The van der Waals surface area contributed by atoms with E-state index in [1.165, 1.54) is 33.4 Å². The normalized spacial score (nSPS) is 13.3. The second kappa shape index (κ2) is 9.96. The number of rotatable bonds is 9. The molecule has 0 aromatic heterocycles. The summed E-state index contributed by atoms with van der Waals surface area (Å²) in [4.78, 5) is 0. The molecule has 2 rings (SSSR count). The molecule has 0 spiro atoms. The molecule has 1 heteroatoms. The highest BCUT2D eigenvalue weighted by atomic mass is 16.3. The Morgan fingerprint density at radius 2 is 1.40 bits per heavy atom. The standard InChI is InChI=1S/C29H42O/c1-9-12-23-13-16-25(19-21(23)4)29(10-2,11-3)26-17-14-24(22(5)20-26)15-18-27(30)28(6,7)8/h9,13-14,16-17,19-20,27,30H,1,10-12,15,18H2,2-8H3. The first kappa shape index (κ1) is 24.4. The molecule has 164 valence electrons. The Hall–Kier alpha value is -1.86. The minimum absolute atomic E-state index is 0.0334. The van der Waals surface area contributed by atoms with Crippen molar-refractivity contribution in [2.75, 3.05) is 0 Å². The Balaban J connectivity index is 2.37. The van der Waals surface area contributed by atoms with Crippen molar-refractivity contribution in [1.82, 2.24) is 0 Å². The number of allylic oxidation sites excluding steroid dienone is 1. The summed E-state index contributed by atoms with van der Waals surface area (Å²) in [5.74, 6) is 0. The Kier molecular flexibility index (Phi) is 8.11. The number of aliphatic hydroxyl groups excluding tert-OH is 1. The van der Waals surface area contributed by atoms with Gasteiger partial charge in [0.2, 0.25) is 0 Å². The van der Waals surface area contributed by atoms with Crippen molar-refractivity contribution in [3.63, 3.8) is 0 Å². The Bertz CT molecular complexity index is 849. The van der Waals surface area contributed by atoms with E-state index >= 15 is 0 Å². The van der Waals surface area contributed by atoms with Gasteiger partial charge >= 0.3 is 0 Å². The average Bonchev–Trinajstić information content (AvgIpc) is 2.69. The van der Waals surface area contributed by atoms with Gasteiger partial charge in [0.1, 0.15) is 0 Å². The molecule has 0 aliphatic rings. The van der Waals surface area contributed by atoms with Crippen molar-refractivity contribution in [1.29, 1.82) is 0 Å². The van der Waals surface area contributed by atoms with Gasteiger partial charge in [0.05, 0.1) is 6.10 Å². The van der Waals surface area contributed by atoms with E-state index < -0.39 is 0 Å². The molecular formula is C29H42O. The maximum atomic E-state index is 10.4. The number of aryl methyl sites for hydroxylation is 3. The molecule has 0 bridgehead atoms. The largest absolute Gasteiger partial charge is 0.393 e. The summed E-state index contributed by atoms with van der Waals surface area (Å²) < 4.78 is 0. The van der Waals surface area contributed by atoms with Gasteiger partial charge in [-0.25, -0.2) is 0 Å². The zero-order valence-electron chi connectivity index (χ0n) is 20.3. The molecule has 30 heavy (non-hydrogen) atoms. The summed E-state index contributed by atoms with van der Waals surface area (Å²) in [5.41, 5.74) is 8.17. The SMILES string of the molecule is C=CCc1ccc(C(CC)(CC)c2ccc(CCC(O)C(C)(C)C)c(C)c2)cc1C. The van der Waals surface area contributed by atoms with Crippen LogP contribution in [0.4, 0.5) is 0 Å². The molecule has 0 radical (unpaired) electrons. The van der Waals surface area contributed by atoms with Gasteiger partial charge in [0.25, 0.3) is 0 Å². The quantitative estimate of drug-likeness (QED) is 0.428. The number of hydrogen-bond donors (Lipinski definition) is 1. The zero-order valence-corrected chi connectivity index (χ0v) is 20.3. The highest BCUT2D eigenvalue weighted by Crippen LogP contribution is 2.40. The number of aliphatic hydroxyl groups is 1. The fourth-order valence-electron chi connectivity index (χ4n) is 4.61. The van der Waals surface area contributed by atoms with E-state index in [9.17, 15) is 5.11 Å². The summed E-state index contributed by atoms with van der Waals surface area (Å²) in [6, 6.07) is 14.0. The lowest BCUT2D eigenvalue weighted by Crippen LogP contribution is -2.27. The number of hydrogen-bond acceptors (Lipinski definition) is 1. The zero-order chi connectivity index (χ0) is 22.5. The summed E-state index contributed by atoms with van der Waals surface area (Å²) in [6.07, 6.45) is 6.50. The molecule has 1 nitrogen and oxygen atoms in total. The minimum atomic E-state index is -0.279. The molecule has 0 amide bonds. The maximum absolute atomic E-state index is 10.4. The van der Waals surface area contributed by atoms with Crippen LogP contribution in [-0.2, 0) is 18.3 Å². The first-order chi connectivity index (χ1) is 14.1. The minimum Gasteiger partial charge on any atom is -0.393 e. The monoisotopic (exact) mass is 406 g/mol. The van der Waals surface area contributed by atoms with Crippen LogP contribution in [0.2, 0.25) is 0 Å². The highest BCUT2D eigenvalue weighted by Gasteiger charge is 2.31. The van der Waals surface area contributed by atoms with E-state index in [-0.39, 0.29) is 16.9 Å². The van der Waals surface area contributed by atoms with E-state index in [0.29, 0.717) is 0 Å². The van der Waals surface area contributed by atoms with Crippen molar-refractivity contribution in [3.8, 4) is 0 Å². The van der Waals surface area contributed by atoms with Gasteiger partial charge in [-0.15, -0.1) is 6.58 Å². The Morgan fingerprint density at radius 3 is 1.80 bits per heavy atom. The molecule has 0 heterocycles. The lowest BCUT2D eigenvalue weighted by Gasteiger charge is -2.34. The molecule has 2 aromatic rings. The van der Waals surface area contributed by atoms with Crippen molar-refractivity contribution >= 4 is 0 Å². The molecular weight excluding hydrogens is 364 g/mol. The molecule has 0 fully saturated rings. The van der Waals surface area contributed by atoms with Crippen LogP contribution in [0.5, 0.6) is 0 Å². The molecule has 0 aliphatic carbocycles. The molecule has 1 unspecified atom stereocenters. The molecule has 0 saturated heterocycles. The summed E-state index contributed by atoms with van der Waals surface area (Å²) in [7, 11) is 0. The van der Waals surface area contributed by atoms with Gasteiger partial charge in [-0.2, -0.15) is 0 Å². The van der Waals surface area contributed by atoms with Crippen LogP contribution in [0.15, 0.2) is 49.1 Å². The van der Waals surface area contributed by atoms with Crippen molar-refractivity contribution in [3.05, 3.63) is 82.4 Å². The fourth-order valence-corrected chi connectivity index (χ4v) is 4.61. The van der Waals surface area contributed by atoms with E-state index in [4.69, 9.17) is 0 Å². The van der Waals surface area contributed by atoms with E-state index in [1.807, 2.05) is 6.08 Å². The van der Waals surface area contributed by atoms with E-state index in [0.717, 1.165) is 32.1 Å². The van der Waals surface area contributed by atoms with Crippen LogP contribution < -0.4 is 0 Å². The topological polar surface area (TPSA) is 20.2 Å². The molecule has 0 saturated carbocycles. The Labute approximate surface area is 185 Å². The van der Waals surface area contributed by atoms with Gasteiger partial charge in [-0.3, -0.25) is 0 Å². The highest BCUT2D eigenvalue weighted by molar-refractivity contribution is 5.45. The molecule has 0 aliphatic heterocycles. The van der Waals surface area contributed by atoms with Gasteiger partial charge in [-0.1, -0.05) is 77.1 Å². The van der Waals surface area contributed by atoms with Crippen LogP contribution in [0.3, 0.4) is 0 Å². The third-order valence-electron chi connectivity index (χ3n) is 7.05. The Morgan fingerprint density at radius 1 is 0.900 bits per heavy atom. The van der Waals surface area contributed by atoms with Crippen LogP contribution in [0.25, 0.3) is 0 Å². The lowest BCUT2D eigenvalue weighted by atomic mass is 9.69.